The van der Waals surface area contributed by atoms with Gasteiger partial charge in [-0.15, -0.1) is 0 Å². The second kappa shape index (κ2) is 7.01. The first kappa shape index (κ1) is 12.7. The van der Waals surface area contributed by atoms with Crippen LogP contribution in [-0.2, 0) is 16.0 Å². The minimum absolute atomic E-state index is 0.0811. The quantitative estimate of drug-likeness (QED) is 0.742. The number of nitrogens with one attached hydrogen (secondary N) is 1. The van der Waals surface area contributed by atoms with Crippen LogP contribution in [0.25, 0.3) is 0 Å². The largest absolute Gasteiger partial charge is 0.383 e. The summed E-state index contributed by atoms with van der Waals surface area (Å²) >= 11 is 0. The zero-order chi connectivity index (χ0) is 11.8. The Kier molecular flexibility index (Phi) is 5.57. The molecular weight excluding hydrogens is 202 g/mol. The maximum absolute atomic E-state index is 11.4. The fourth-order valence-electron chi connectivity index (χ4n) is 1.39. The highest BCUT2D eigenvalue weighted by molar-refractivity contribution is 5.76. The minimum atomic E-state index is 0.0811. The van der Waals surface area contributed by atoms with E-state index in [4.69, 9.17) is 4.74 Å². The summed E-state index contributed by atoms with van der Waals surface area (Å²) in [5, 5.41) is 2.80. The summed E-state index contributed by atoms with van der Waals surface area (Å²) in [6.45, 7) is 3.21. The van der Waals surface area contributed by atoms with Gasteiger partial charge in [0.2, 0.25) is 5.91 Å². The standard InChI is InChI=1S/C13H19NO2/c1-11-3-5-12(6-4-11)7-8-13(15)14-9-10-16-2/h3-6H,7-10H2,1-2H3,(H,14,15). The van der Waals surface area contributed by atoms with Crippen LogP contribution in [0.5, 0.6) is 0 Å². The number of hydrogen-bond acceptors (Lipinski definition) is 2. The molecule has 0 heterocycles. The molecule has 0 spiro atoms. The fourth-order valence-corrected chi connectivity index (χ4v) is 1.39. The van der Waals surface area contributed by atoms with Crippen molar-refractivity contribution in [3.8, 4) is 0 Å². The van der Waals surface area contributed by atoms with Gasteiger partial charge >= 0.3 is 0 Å². The summed E-state index contributed by atoms with van der Waals surface area (Å²) in [5.41, 5.74) is 2.45. The lowest BCUT2D eigenvalue weighted by Crippen LogP contribution is -2.27. The van der Waals surface area contributed by atoms with E-state index in [9.17, 15) is 4.79 Å². The van der Waals surface area contributed by atoms with Crippen molar-refractivity contribution < 1.29 is 9.53 Å². The minimum Gasteiger partial charge on any atom is -0.383 e. The van der Waals surface area contributed by atoms with E-state index in [1.807, 2.05) is 0 Å². The van der Waals surface area contributed by atoms with Crippen LogP contribution in [0.3, 0.4) is 0 Å². The van der Waals surface area contributed by atoms with E-state index in [1.54, 1.807) is 7.11 Å². The van der Waals surface area contributed by atoms with Gasteiger partial charge in [-0.2, -0.15) is 0 Å². The Labute approximate surface area is 96.8 Å². The Morgan fingerprint density at radius 1 is 1.31 bits per heavy atom. The molecule has 0 radical (unpaired) electrons. The lowest BCUT2D eigenvalue weighted by molar-refractivity contribution is -0.121. The van der Waals surface area contributed by atoms with Crippen LogP contribution >= 0.6 is 0 Å². The van der Waals surface area contributed by atoms with E-state index in [-0.39, 0.29) is 5.91 Å². The second-order valence-corrected chi connectivity index (χ2v) is 3.83. The first-order chi connectivity index (χ1) is 7.72. The summed E-state index contributed by atoms with van der Waals surface area (Å²) in [5.74, 6) is 0.0811. The van der Waals surface area contributed by atoms with Crippen molar-refractivity contribution in [2.75, 3.05) is 20.3 Å². The van der Waals surface area contributed by atoms with Gasteiger partial charge in [-0.1, -0.05) is 29.8 Å². The molecule has 0 aliphatic carbocycles. The molecule has 0 saturated carbocycles. The topological polar surface area (TPSA) is 38.3 Å². The molecule has 1 amide bonds. The predicted octanol–water partition coefficient (Wildman–Crippen LogP) is 1.69. The van der Waals surface area contributed by atoms with Crippen molar-refractivity contribution in [3.63, 3.8) is 0 Å². The van der Waals surface area contributed by atoms with Gasteiger partial charge in [0.25, 0.3) is 0 Å². The molecule has 1 aromatic rings. The molecular formula is C13H19NO2. The summed E-state index contributed by atoms with van der Waals surface area (Å²) in [7, 11) is 1.62. The van der Waals surface area contributed by atoms with Gasteiger partial charge in [-0.05, 0) is 18.9 Å². The molecule has 1 aromatic carbocycles. The molecule has 88 valence electrons. The zero-order valence-electron chi connectivity index (χ0n) is 9.95. The molecule has 16 heavy (non-hydrogen) atoms. The predicted molar refractivity (Wildman–Crippen MR) is 64.4 cm³/mol. The molecule has 3 heteroatoms. The average Bonchev–Trinajstić information content (AvgIpc) is 2.29. The summed E-state index contributed by atoms with van der Waals surface area (Å²) in [6.07, 6.45) is 1.33. The zero-order valence-corrected chi connectivity index (χ0v) is 9.95. The Bertz CT molecular complexity index is 319. The van der Waals surface area contributed by atoms with Crippen LogP contribution in [0, 0.1) is 6.92 Å². The third-order valence-electron chi connectivity index (χ3n) is 2.39. The lowest BCUT2D eigenvalue weighted by Gasteiger charge is -2.04. The van der Waals surface area contributed by atoms with Crippen LogP contribution < -0.4 is 5.32 Å². The molecule has 0 saturated heterocycles. The van der Waals surface area contributed by atoms with Crippen molar-refractivity contribution in [1.82, 2.24) is 5.32 Å². The fraction of sp³-hybridized carbons (Fsp3) is 0.462. The third kappa shape index (κ3) is 4.94. The highest BCUT2D eigenvalue weighted by Crippen LogP contribution is 2.05. The van der Waals surface area contributed by atoms with Gasteiger partial charge < -0.3 is 10.1 Å². The maximum Gasteiger partial charge on any atom is 0.220 e. The van der Waals surface area contributed by atoms with Gasteiger partial charge in [0.1, 0.15) is 0 Å². The summed E-state index contributed by atoms with van der Waals surface area (Å²) in [4.78, 5) is 11.4. The van der Waals surface area contributed by atoms with Crippen LogP contribution in [-0.4, -0.2) is 26.2 Å². The lowest BCUT2D eigenvalue weighted by atomic mass is 10.1. The van der Waals surface area contributed by atoms with Crippen molar-refractivity contribution in [1.29, 1.82) is 0 Å². The van der Waals surface area contributed by atoms with Crippen LogP contribution in [0.2, 0.25) is 0 Å². The van der Waals surface area contributed by atoms with Gasteiger partial charge in [-0.25, -0.2) is 0 Å². The van der Waals surface area contributed by atoms with Crippen LogP contribution in [0.15, 0.2) is 24.3 Å². The number of ether oxygens (including phenoxy) is 1. The number of carbonyl (C=O) groups excluding carboxylic acids is 1. The highest BCUT2D eigenvalue weighted by atomic mass is 16.5. The molecule has 1 rings (SSSR count). The average molecular weight is 221 g/mol. The molecule has 0 atom stereocenters. The molecule has 0 aromatic heterocycles. The van der Waals surface area contributed by atoms with Crippen molar-refractivity contribution in [2.45, 2.75) is 19.8 Å². The summed E-state index contributed by atoms with van der Waals surface area (Å²) in [6, 6.07) is 8.27. The first-order valence-electron chi connectivity index (χ1n) is 5.53. The van der Waals surface area contributed by atoms with E-state index in [0.29, 0.717) is 19.6 Å². The molecule has 0 fully saturated rings. The summed E-state index contributed by atoms with van der Waals surface area (Å²) < 4.78 is 4.85. The smallest absolute Gasteiger partial charge is 0.220 e. The number of benzene rings is 1. The number of carbonyl (C=O) groups is 1. The van der Waals surface area contributed by atoms with Gasteiger partial charge in [0, 0.05) is 20.1 Å². The number of rotatable bonds is 6. The Morgan fingerprint density at radius 3 is 2.62 bits per heavy atom. The van der Waals surface area contributed by atoms with Gasteiger partial charge in [0.15, 0.2) is 0 Å². The maximum atomic E-state index is 11.4. The molecule has 0 unspecified atom stereocenters. The van der Waals surface area contributed by atoms with Gasteiger partial charge in [0.05, 0.1) is 6.61 Å². The number of aryl methyl sites for hydroxylation is 2. The third-order valence-corrected chi connectivity index (χ3v) is 2.39. The Morgan fingerprint density at radius 2 is 2.00 bits per heavy atom. The van der Waals surface area contributed by atoms with E-state index in [1.165, 1.54) is 11.1 Å². The van der Waals surface area contributed by atoms with Crippen LogP contribution in [0.4, 0.5) is 0 Å². The molecule has 0 aliphatic rings. The molecule has 0 bridgehead atoms. The van der Waals surface area contributed by atoms with Crippen molar-refractivity contribution in [2.24, 2.45) is 0 Å². The molecule has 1 N–H and O–H groups in total. The van der Waals surface area contributed by atoms with E-state index < -0.39 is 0 Å². The molecule has 0 aliphatic heterocycles. The van der Waals surface area contributed by atoms with Crippen LogP contribution in [0.1, 0.15) is 17.5 Å². The Hall–Kier alpha value is -1.35. The molecule has 3 nitrogen and oxygen atoms in total. The number of methoxy groups -OCH3 is 1. The SMILES string of the molecule is COCCNC(=O)CCc1ccc(C)cc1. The van der Waals surface area contributed by atoms with Gasteiger partial charge in [-0.3, -0.25) is 4.79 Å². The van der Waals surface area contributed by atoms with Crippen molar-refractivity contribution >= 4 is 5.91 Å². The monoisotopic (exact) mass is 221 g/mol. The first-order valence-corrected chi connectivity index (χ1v) is 5.53. The highest BCUT2D eigenvalue weighted by Gasteiger charge is 2.01. The second-order valence-electron chi connectivity index (χ2n) is 3.83. The van der Waals surface area contributed by atoms with E-state index >= 15 is 0 Å². The van der Waals surface area contributed by atoms with E-state index in [0.717, 1.165) is 6.42 Å². The van der Waals surface area contributed by atoms with E-state index in [2.05, 4.69) is 36.5 Å². The number of amides is 1. The number of hydrogen-bond donors (Lipinski definition) is 1. The normalized spacial score (nSPS) is 10.1. The van der Waals surface area contributed by atoms with Crippen molar-refractivity contribution in [3.05, 3.63) is 35.4 Å². The Balaban J connectivity index is 2.23.